The Labute approximate surface area is 144 Å². The van der Waals surface area contributed by atoms with Gasteiger partial charge in [-0.2, -0.15) is 0 Å². The topological polar surface area (TPSA) is 41.6 Å². The maximum absolute atomic E-state index is 12.0. The summed E-state index contributed by atoms with van der Waals surface area (Å²) in [6, 6.07) is 14.2. The predicted octanol–water partition coefficient (Wildman–Crippen LogP) is 3.24. The zero-order chi connectivity index (χ0) is 17.5. The highest BCUT2D eigenvalue weighted by molar-refractivity contribution is 5.77. The summed E-state index contributed by atoms with van der Waals surface area (Å²) in [5.74, 6) is 0.680. The van der Waals surface area contributed by atoms with Gasteiger partial charge in [0.05, 0.1) is 0 Å². The van der Waals surface area contributed by atoms with Crippen LogP contribution >= 0.6 is 0 Å². The lowest BCUT2D eigenvalue weighted by Gasteiger charge is -2.19. The number of nitrogens with one attached hydrogen (secondary N) is 1. The fourth-order valence-corrected chi connectivity index (χ4v) is 2.52. The molecule has 128 valence electrons. The molecule has 0 aromatic heterocycles. The number of para-hydroxylation sites is 1. The molecule has 4 nitrogen and oxygen atoms in total. The van der Waals surface area contributed by atoms with Crippen LogP contribution in [0.3, 0.4) is 0 Å². The van der Waals surface area contributed by atoms with E-state index in [4.69, 9.17) is 4.74 Å². The number of benzene rings is 2. The summed E-state index contributed by atoms with van der Waals surface area (Å²) in [5.41, 5.74) is 4.53. The summed E-state index contributed by atoms with van der Waals surface area (Å²) in [7, 11) is 2.01. The number of carbonyl (C=O) groups excluding carboxylic acids is 1. The molecule has 2 rings (SSSR count). The summed E-state index contributed by atoms with van der Waals surface area (Å²) in [5, 5.41) is 2.90. The van der Waals surface area contributed by atoms with E-state index >= 15 is 0 Å². The number of nitrogens with zero attached hydrogens (tertiary/aromatic N) is 1. The molecule has 0 bridgehead atoms. The van der Waals surface area contributed by atoms with Crippen molar-refractivity contribution >= 4 is 11.6 Å². The number of hydrogen-bond acceptors (Lipinski definition) is 3. The molecular formula is C20H26N2O2. The van der Waals surface area contributed by atoms with Gasteiger partial charge in [0.15, 0.2) is 6.61 Å². The Morgan fingerprint density at radius 1 is 1.12 bits per heavy atom. The minimum Gasteiger partial charge on any atom is -0.483 e. The number of anilines is 1. The summed E-state index contributed by atoms with van der Waals surface area (Å²) in [6.45, 7) is 7.46. The van der Waals surface area contributed by atoms with Gasteiger partial charge in [0.1, 0.15) is 5.75 Å². The van der Waals surface area contributed by atoms with Crippen LogP contribution in [-0.4, -0.2) is 32.7 Å². The lowest BCUT2D eigenvalue weighted by Crippen LogP contribution is -2.35. The fourth-order valence-electron chi connectivity index (χ4n) is 2.52. The van der Waals surface area contributed by atoms with Gasteiger partial charge in [-0.3, -0.25) is 4.79 Å². The molecule has 0 aliphatic heterocycles. The second kappa shape index (κ2) is 8.39. The van der Waals surface area contributed by atoms with E-state index in [1.807, 2.05) is 57.3 Å². The number of carbonyl (C=O) groups is 1. The van der Waals surface area contributed by atoms with Gasteiger partial charge in [-0.25, -0.2) is 0 Å². The van der Waals surface area contributed by atoms with E-state index in [9.17, 15) is 4.79 Å². The van der Waals surface area contributed by atoms with Crippen LogP contribution in [-0.2, 0) is 4.79 Å². The van der Waals surface area contributed by atoms with Crippen molar-refractivity contribution in [2.45, 2.75) is 20.8 Å². The molecule has 0 aliphatic rings. The van der Waals surface area contributed by atoms with E-state index in [1.54, 1.807) is 0 Å². The van der Waals surface area contributed by atoms with Crippen molar-refractivity contribution in [1.29, 1.82) is 0 Å². The highest BCUT2D eigenvalue weighted by Gasteiger charge is 2.07. The van der Waals surface area contributed by atoms with Crippen molar-refractivity contribution in [3.63, 3.8) is 0 Å². The SMILES string of the molecule is Cc1cc(C)c(C)c(OCC(=O)NCCN(C)c2ccccc2)c1. The Bertz CT molecular complexity index is 684. The van der Waals surface area contributed by atoms with E-state index in [1.165, 1.54) is 5.56 Å². The third-order valence-electron chi connectivity index (χ3n) is 4.09. The second-order valence-corrected chi connectivity index (χ2v) is 6.10. The Hall–Kier alpha value is -2.49. The minimum atomic E-state index is -0.102. The van der Waals surface area contributed by atoms with Gasteiger partial charge in [-0.15, -0.1) is 0 Å². The van der Waals surface area contributed by atoms with Gasteiger partial charge >= 0.3 is 0 Å². The van der Waals surface area contributed by atoms with E-state index < -0.39 is 0 Å². The number of amides is 1. The van der Waals surface area contributed by atoms with E-state index in [-0.39, 0.29) is 12.5 Å². The van der Waals surface area contributed by atoms with Crippen LogP contribution in [0.4, 0.5) is 5.69 Å². The first-order valence-corrected chi connectivity index (χ1v) is 8.21. The molecule has 0 aliphatic carbocycles. The first-order valence-electron chi connectivity index (χ1n) is 8.21. The summed E-state index contributed by atoms with van der Waals surface area (Å²) in [6.07, 6.45) is 0. The van der Waals surface area contributed by atoms with Gasteiger partial charge in [0, 0.05) is 25.8 Å². The lowest BCUT2D eigenvalue weighted by molar-refractivity contribution is -0.123. The third kappa shape index (κ3) is 5.01. The average Bonchev–Trinajstić information content (AvgIpc) is 2.57. The van der Waals surface area contributed by atoms with Crippen LogP contribution in [0.1, 0.15) is 16.7 Å². The number of likely N-dealkylation sites (N-methyl/N-ethyl adjacent to an activating group) is 1. The normalized spacial score (nSPS) is 10.3. The highest BCUT2D eigenvalue weighted by atomic mass is 16.5. The van der Waals surface area contributed by atoms with Gasteiger partial charge in [-0.05, 0) is 55.7 Å². The maximum Gasteiger partial charge on any atom is 0.258 e. The van der Waals surface area contributed by atoms with Crippen LogP contribution in [0, 0.1) is 20.8 Å². The standard InChI is InChI=1S/C20H26N2O2/c1-15-12-16(2)17(3)19(13-15)24-14-20(23)21-10-11-22(4)18-8-6-5-7-9-18/h5-9,12-13H,10-11,14H2,1-4H3,(H,21,23). The monoisotopic (exact) mass is 326 g/mol. The van der Waals surface area contributed by atoms with Gasteiger partial charge in [0.25, 0.3) is 5.91 Å². The molecule has 0 heterocycles. The Morgan fingerprint density at radius 3 is 2.54 bits per heavy atom. The lowest BCUT2D eigenvalue weighted by atomic mass is 10.1. The molecule has 0 saturated carbocycles. The molecule has 2 aromatic rings. The highest BCUT2D eigenvalue weighted by Crippen LogP contribution is 2.23. The largest absolute Gasteiger partial charge is 0.483 e. The van der Waals surface area contributed by atoms with Gasteiger partial charge in [-0.1, -0.05) is 24.3 Å². The molecule has 0 saturated heterocycles. The first-order chi connectivity index (χ1) is 11.5. The number of aryl methyl sites for hydroxylation is 2. The maximum atomic E-state index is 12.0. The number of rotatable bonds is 7. The zero-order valence-electron chi connectivity index (χ0n) is 14.9. The first kappa shape index (κ1) is 17.9. The molecule has 1 N–H and O–H groups in total. The van der Waals surface area contributed by atoms with Crippen molar-refractivity contribution in [2.75, 3.05) is 31.6 Å². The molecule has 0 unspecified atom stereocenters. The number of ether oxygens (including phenoxy) is 1. The van der Waals surface area contributed by atoms with Crippen LogP contribution in [0.5, 0.6) is 5.75 Å². The predicted molar refractivity (Wildman–Crippen MR) is 98.9 cm³/mol. The summed E-state index contributed by atoms with van der Waals surface area (Å²) < 4.78 is 5.68. The van der Waals surface area contributed by atoms with Crippen molar-refractivity contribution in [3.8, 4) is 5.75 Å². The van der Waals surface area contributed by atoms with Crippen LogP contribution in [0.15, 0.2) is 42.5 Å². The Morgan fingerprint density at radius 2 is 1.83 bits per heavy atom. The minimum absolute atomic E-state index is 0.0405. The van der Waals surface area contributed by atoms with Crippen LogP contribution < -0.4 is 15.0 Å². The molecule has 0 atom stereocenters. The van der Waals surface area contributed by atoms with E-state index in [2.05, 4.69) is 23.2 Å². The number of hydrogen-bond donors (Lipinski definition) is 1. The van der Waals surface area contributed by atoms with Gasteiger partial charge in [0.2, 0.25) is 0 Å². The third-order valence-corrected chi connectivity index (χ3v) is 4.09. The van der Waals surface area contributed by atoms with Crippen molar-refractivity contribution in [3.05, 3.63) is 59.2 Å². The molecule has 4 heteroatoms. The van der Waals surface area contributed by atoms with Crippen molar-refractivity contribution < 1.29 is 9.53 Å². The molecule has 1 amide bonds. The molecule has 2 aromatic carbocycles. The quantitative estimate of drug-likeness (QED) is 0.849. The van der Waals surface area contributed by atoms with Gasteiger partial charge < -0.3 is 15.0 Å². The summed E-state index contributed by atoms with van der Waals surface area (Å²) in [4.78, 5) is 14.1. The molecular weight excluding hydrogens is 300 g/mol. The van der Waals surface area contributed by atoms with Crippen molar-refractivity contribution in [2.24, 2.45) is 0 Å². The fraction of sp³-hybridized carbons (Fsp3) is 0.350. The van der Waals surface area contributed by atoms with E-state index in [0.717, 1.165) is 29.1 Å². The molecule has 0 radical (unpaired) electrons. The Kier molecular flexibility index (Phi) is 6.24. The van der Waals surface area contributed by atoms with E-state index in [0.29, 0.717) is 6.54 Å². The second-order valence-electron chi connectivity index (χ2n) is 6.10. The smallest absolute Gasteiger partial charge is 0.258 e. The molecule has 24 heavy (non-hydrogen) atoms. The average molecular weight is 326 g/mol. The summed E-state index contributed by atoms with van der Waals surface area (Å²) >= 11 is 0. The zero-order valence-corrected chi connectivity index (χ0v) is 14.9. The molecule has 0 spiro atoms. The Balaban J connectivity index is 1.76. The van der Waals surface area contributed by atoms with Crippen LogP contribution in [0.25, 0.3) is 0 Å². The molecule has 0 fully saturated rings. The van der Waals surface area contributed by atoms with Crippen LogP contribution in [0.2, 0.25) is 0 Å². The van der Waals surface area contributed by atoms with Crippen molar-refractivity contribution in [1.82, 2.24) is 5.32 Å².